The van der Waals surface area contributed by atoms with Crippen LogP contribution in [0.2, 0.25) is 0 Å². The molecule has 7 aromatic carbocycles. The van der Waals surface area contributed by atoms with Gasteiger partial charge in [0.2, 0.25) is 11.8 Å². The summed E-state index contributed by atoms with van der Waals surface area (Å²) < 4.78 is 0. The van der Waals surface area contributed by atoms with E-state index in [9.17, 15) is 84.7 Å². The number of non-ortho nitro benzene ring substituents is 6. The summed E-state index contributed by atoms with van der Waals surface area (Å²) in [7, 11) is 0. The molecule has 3 saturated carbocycles. The predicted octanol–water partition coefficient (Wildman–Crippen LogP) is 13.4. The largest absolute Gasteiger partial charge is 0.341 e. The van der Waals surface area contributed by atoms with E-state index in [4.69, 9.17) is 5.73 Å². The number of Topliss-reactive ketones (excluding diaryl/α,β-unsaturated/α-hetero) is 3. The van der Waals surface area contributed by atoms with E-state index in [1.165, 1.54) is 78.9 Å². The Labute approximate surface area is 611 Å². The SMILES string of the molecule is C=CC(=O)N1CCC2(CC1)/C(=C\c1ccc([N+](=O)[O-])cc1)C(=O)/C2=C/c1ccc([N+](=O)[O-])cc1.Cl.N[C@@H](Cc1ccccc1)C(=O)N1CCC2(CC1)/C(=C\c1ccc([N+](=O)[O-])cc1)C(=O)/C2=C/c1ccc([N+](=O)[O-])cc1.O=C1/C(=C/c2ccc([N+](=O)[O-])cc2)C2(CCNCC2)/C1=C\c1ccc([N+](=O)[O-])cc1. The molecule has 3 saturated heterocycles. The third-order valence-electron chi connectivity index (χ3n) is 20.2. The smallest absolute Gasteiger partial charge is 0.269 e. The zero-order valence-corrected chi connectivity index (χ0v) is 57.6. The van der Waals surface area contributed by atoms with E-state index in [-0.39, 0.29) is 81.1 Å². The molecule has 540 valence electrons. The molecule has 2 amide bonds. The third kappa shape index (κ3) is 16.1. The van der Waals surface area contributed by atoms with E-state index in [1.807, 2.05) is 42.5 Å². The fourth-order valence-corrected chi connectivity index (χ4v) is 14.4. The Morgan fingerprint density at radius 1 is 0.396 bits per heavy atom. The van der Waals surface area contributed by atoms with Gasteiger partial charge in [0.1, 0.15) is 0 Å². The van der Waals surface area contributed by atoms with Crippen molar-refractivity contribution in [1.29, 1.82) is 0 Å². The van der Waals surface area contributed by atoms with Crippen molar-refractivity contribution in [2.75, 3.05) is 39.3 Å². The Morgan fingerprint density at radius 3 is 0.868 bits per heavy atom. The van der Waals surface area contributed by atoms with Gasteiger partial charge in [0.15, 0.2) is 17.3 Å². The molecule has 7 aromatic rings. The fourth-order valence-electron chi connectivity index (χ4n) is 14.4. The topological polar surface area (TPSA) is 389 Å². The summed E-state index contributed by atoms with van der Waals surface area (Å²) in [5.74, 6) is -0.644. The lowest BCUT2D eigenvalue weighted by molar-refractivity contribution is -0.385. The number of carbonyl (C=O) groups is 5. The number of benzene rings is 7. The summed E-state index contributed by atoms with van der Waals surface area (Å²) in [6.45, 7) is 6.81. The lowest BCUT2D eigenvalue weighted by Crippen LogP contribution is -2.55. The number of hydrogen-bond donors (Lipinski definition) is 2. The van der Waals surface area contributed by atoms with Gasteiger partial charge in [0, 0.05) is 149 Å². The van der Waals surface area contributed by atoms with Crippen LogP contribution in [0.4, 0.5) is 34.1 Å². The highest BCUT2D eigenvalue weighted by Crippen LogP contribution is 2.59. The van der Waals surface area contributed by atoms with Crippen molar-refractivity contribution < 1.29 is 53.5 Å². The quantitative estimate of drug-likeness (QED) is 0.0515. The number of amides is 2. The monoisotopic (exact) mass is 1450 g/mol. The van der Waals surface area contributed by atoms with Gasteiger partial charge < -0.3 is 20.9 Å². The Balaban J connectivity index is 0.000000171. The fraction of sp³-hybridized carbons (Fsp3) is 0.218. The number of carbonyl (C=O) groups excluding carboxylic acids is 5. The maximum Gasteiger partial charge on any atom is 0.269 e. The van der Waals surface area contributed by atoms with Gasteiger partial charge >= 0.3 is 0 Å². The second-order valence-corrected chi connectivity index (χ2v) is 26.1. The number of hydrogen-bond acceptors (Lipinski definition) is 19. The first kappa shape index (κ1) is 75.9. The number of nitrogens with one attached hydrogen (secondary N) is 1. The molecule has 3 N–H and O–H groups in total. The first-order valence-electron chi connectivity index (χ1n) is 33.5. The van der Waals surface area contributed by atoms with Crippen LogP contribution in [0, 0.1) is 76.9 Å². The number of nitrogens with zero attached hydrogens (tertiary/aromatic N) is 8. The second kappa shape index (κ2) is 32.3. The van der Waals surface area contributed by atoms with Gasteiger partial charge in [0.25, 0.3) is 34.1 Å². The van der Waals surface area contributed by atoms with Crippen LogP contribution in [0.3, 0.4) is 0 Å². The maximum atomic E-state index is 13.5. The minimum atomic E-state index is -0.681. The summed E-state index contributed by atoms with van der Waals surface area (Å²) >= 11 is 0. The molecule has 1 atom stereocenters. The number of rotatable bonds is 16. The number of ketones is 3. The summed E-state index contributed by atoms with van der Waals surface area (Å²) in [5.41, 5.74) is 13.5. The summed E-state index contributed by atoms with van der Waals surface area (Å²) in [5, 5.41) is 69.0. The third-order valence-corrected chi connectivity index (χ3v) is 20.2. The van der Waals surface area contributed by atoms with Crippen LogP contribution in [-0.2, 0) is 30.4 Å². The first-order valence-corrected chi connectivity index (χ1v) is 33.5. The molecule has 3 aliphatic heterocycles. The van der Waals surface area contributed by atoms with E-state index in [2.05, 4.69) is 11.9 Å². The number of nitro groups is 6. The molecule has 106 heavy (non-hydrogen) atoms. The molecule has 13 rings (SSSR count). The highest BCUT2D eigenvalue weighted by Gasteiger charge is 2.57. The molecule has 3 heterocycles. The van der Waals surface area contributed by atoms with E-state index in [0.717, 1.165) is 42.6 Å². The summed E-state index contributed by atoms with van der Waals surface area (Å²) in [6.07, 6.45) is 16.0. The number of allylic oxidation sites excluding steroid dienone is 6. The van der Waals surface area contributed by atoms with Crippen LogP contribution in [0.5, 0.6) is 0 Å². The van der Waals surface area contributed by atoms with E-state index < -0.39 is 46.4 Å². The van der Waals surface area contributed by atoms with Crippen molar-refractivity contribution in [3.05, 3.63) is 322 Å². The molecule has 27 nitrogen and oxygen atoms in total. The van der Waals surface area contributed by atoms with Gasteiger partial charge in [-0.15, -0.1) is 12.4 Å². The minimum absolute atomic E-state index is 0. The molecule has 6 fully saturated rings. The number of nitro benzene ring substituents is 6. The Kier molecular flexibility index (Phi) is 23.1. The minimum Gasteiger partial charge on any atom is -0.341 e. The number of halogens is 1. The Hall–Kier alpha value is -12.7. The van der Waals surface area contributed by atoms with Crippen molar-refractivity contribution in [3.8, 4) is 0 Å². The predicted molar refractivity (Wildman–Crippen MR) is 398 cm³/mol. The molecular formula is C78H69ClN10O17. The van der Waals surface area contributed by atoms with Crippen molar-refractivity contribution >= 4 is 112 Å². The standard InChI is InChI=1S/C31H28N4O6.C25H21N3O6.C22H19N3O5.ClH/c32-28(20-21-4-2-1-3-5-21)30(37)33-16-14-31(15-17-33)26(18-22-6-10-24(11-7-22)34(38)39)29(36)27(31)19-23-8-12-25(13-9-23)35(40)41;1-2-23(29)26-13-11-25(12-14-26)21(15-17-3-7-19(8-4-17)27(31)32)24(30)22(25)16-18-5-9-20(10-6-18)28(33)34;26-21-19(13-15-1-5-17(6-2-15)24(27)28)22(9-11-23-12-10-22)20(21)14-16-3-7-18(8-4-16)25(29)30;/h1-13,18-19,28H,14-17,20,32H2;2-10,15-16H,1,11-14H2;1-8,13-14,23H,9-12H2;1H/b26-18-,27-19-;21-15-,22-16-;19-13-,20-14-;/t28-;;;/m0.../s1. The second-order valence-electron chi connectivity index (χ2n) is 26.1. The Bertz CT molecular complexity index is 4620. The molecule has 0 radical (unpaired) electrons. The van der Waals surface area contributed by atoms with Gasteiger partial charge in [0.05, 0.1) is 35.6 Å². The number of likely N-dealkylation sites (tertiary alicyclic amines) is 2. The van der Waals surface area contributed by atoms with Crippen LogP contribution in [0.15, 0.2) is 222 Å². The molecule has 28 heteroatoms. The highest BCUT2D eigenvalue weighted by atomic mass is 35.5. The van der Waals surface area contributed by atoms with Crippen LogP contribution in [-0.4, -0.2) is 114 Å². The molecular weight excluding hydrogens is 1380 g/mol. The maximum absolute atomic E-state index is 13.5. The normalized spacial score (nSPS) is 19.2. The average molecular weight is 1450 g/mol. The van der Waals surface area contributed by atoms with Gasteiger partial charge in [-0.1, -0.05) is 36.9 Å². The molecule has 6 aliphatic rings. The Morgan fingerprint density at radius 2 is 0.632 bits per heavy atom. The zero-order valence-electron chi connectivity index (χ0n) is 56.8. The summed E-state index contributed by atoms with van der Waals surface area (Å²) in [4.78, 5) is 131. The zero-order chi connectivity index (χ0) is 74.9. The van der Waals surface area contributed by atoms with Crippen LogP contribution in [0.1, 0.15) is 77.5 Å². The van der Waals surface area contributed by atoms with Crippen LogP contribution >= 0.6 is 12.4 Å². The lowest BCUT2D eigenvalue weighted by atomic mass is 9.54. The van der Waals surface area contributed by atoms with Gasteiger partial charge in [-0.05, 0) is 212 Å². The van der Waals surface area contributed by atoms with E-state index >= 15 is 0 Å². The molecule has 3 spiro atoms. The van der Waals surface area contributed by atoms with E-state index in [1.54, 1.807) is 107 Å². The van der Waals surface area contributed by atoms with E-state index in [0.29, 0.717) is 114 Å². The first-order chi connectivity index (χ1) is 50.3. The van der Waals surface area contributed by atoms with Crippen molar-refractivity contribution in [3.63, 3.8) is 0 Å². The molecule has 0 unspecified atom stereocenters. The van der Waals surface area contributed by atoms with Gasteiger partial charge in [-0.3, -0.25) is 84.7 Å². The van der Waals surface area contributed by atoms with Gasteiger partial charge in [-0.2, -0.15) is 0 Å². The van der Waals surface area contributed by atoms with Crippen LogP contribution in [0.25, 0.3) is 36.5 Å². The number of nitrogens with two attached hydrogens (primary N) is 1. The summed E-state index contributed by atoms with van der Waals surface area (Å²) in [6, 6.07) is 45.1. The van der Waals surface area contributed by atoms with Crippen molar-refractivity contribution in [1.82, 2.24) is 15.1 Å². The molecule has 3 aliphatic carbocycles. The number of piperidine rings is 3. The van der Waals surface area contributed by atoms with Crippen molar-refractivity contribution in [2.45, 2.75) is 51.0 Å². The average Bonchev–Trinajstić information content (AvgIpc) is 0.718. The lowest BCUT2D eigenvalue weighted by Gasteiger charge is -2.51. The molecule has 0 aromatic heterocycles. The highest BCUT2D eigenvalue weighted by molar-refractivity contribution is 6.25. The van der Waals surface area contributed by atoms with Gasteiger partial charge in [-0.25, -0.2) is 0 Å². The van der Waals surface area contributed by atoms with Crippen molar-refractivity contribution in [2.24, 2.45) is 22.0 Å². The molecule has 0 bridgehead atoms. The van der Waals surface area contributed by atoms with Crippen LogP contribution < -0.4 is 11.1 Å².